The Balaban J connectivity index is 1.99. The van der Waals surface area contributed by atoms with Crippen LogP contribution >= 0.6 is 0 Å². The molecule has 1 aromatic carbocycles. The van der Waals surface area contributed by atoms with Crippen molar-refractivity contribution in [1.82, 2.24) is 10.9 Å². The molecule has 0 unspecified atom stereocenters. The fourth-order valence-electron chi connectivity index (χ4n) is 2.25. The van der Waals surface area contributed by atoms with Gasteiger partial charge in [0.2, 0.25) is 0 Å². The molecule has 1 fully saturated rings. The molecule has 2 rings (SSSR count). The summed E-state index contributed by atoms with van der Waals surface area (Å²) in [6.45, 7) is -0.457. The van der Waals surface area contributed by atoms with E-state index in [4.69, 9.17) is 14.6 Å². The van der Waals surface area contributed by atoms with E-state index in [0.717, 1.165) is 0 Å². The van der Waals surface area contributed by atoms with E-state index in [1.807, 2.05) is 0 Å². The van der Waals surface area contributed by atoms with Crippen LogP contribution in [0.25, 0.3) is 0 Å². The van der Waals surface area contributed by atoms with Crippen molar-refractivity contribution in [3.05, 3.63) is 35.9 Å². The Morgan fingerprint density at radius 2 is 1.95 bits per heavy atom. The lowest BCUT2D eigenvalue weighted by molar-refractivity contribution is -0.264. The molecule has 122 valence electrons. The Morgan fingerprint density at radius 3 is 2.55 bits per heavy atom. The number of hydrazine groups is 1. The third-order valence-corrected chi connectivity index (χ3v) is 3.50. The molecule has 0 saturated carbocycles. The first kappa shape index (κ1) is 16.8. The first-order valence-corrected chi connectivity index (χ1v) is 6.84. The number of carbonyl (C=O) groups is 1. The largest absolute Gasteiger partial charge is 0.394 e. The average Bonchev–Trinajstić information content (AvgIpc) is 2.56. The molecule has 0 aliphatic carbocycles. The van der Waals surface area contributed by atoms with Crippen LogP contribution in [-0.4, -0.2) is 65.6 Å². The lowest BCUT2D eigenvalue weighted by Crippen LogP contribution is -2.66. The minimum absolute atomic E-state index is 0.401. The Bertz CT molecular complexity index is 483. The van der Waals surface area contributed by atoms with Gasteiger partial charge in [0.15, 0.2) is 6.29 Å². The maximum absolute atomic E-state index is 12.0. The van der Waals surface area contributed by atoms with Crippen LogP contribution in [0.3, 0.4) is 0 Å². The van der Waals surface area contributed by atoms with Gasteiger partial charge in [0, 0.05) is 12.7 Å². The SMILES string of the molecule is CO[C@H]1O[C@H](CO)[C@H](O)[C@H](O)[C@H]1NNC(=O)c1ccccc1. The van der Waals surface area contributed by atoms with Crippen molar-refractivity contribution in [2.45, 2.75) is 30.6 Å². The van der Waals surface area contributed by atoms with Gasteiger partial charge in [-0.15, -0.1) is 0 Å². The molecular weight excluding hydrogens is 292 g/mol. The van der Waals surface area contributed by atoms with E-state index in [0.29, 0.717) is 5.56 Å². The molecule has 1 aliphatic rings. The number of benzene rings is 1. The van der Waals surface area contributed by atoms with E-state index in [1.54, 1.807) is 30.3 Å². The molecule has 0 radical (unpaired) electrons. The molecule has 8 nitrogen and oxygen atoms in total. The van der Waals surface area contributed by atoms with Gasteiger partial charge in [-0.25, -0.2) is 5.43 Å². The molecule has 0 spiro atoms. The van der Waals surface area contributed by atoms with E-state index in [2.05, 4.69) is 10.9 Å². The molecule has 5 N–H and O–H groups in total. The molecule has 1 heterocycles. The topological polar surface area (TPSA) is 120 Å². The van der Waals surface area contributed by atoms with Gasteiger partial charge >= 0.3 is 0 Å². The second kappa shape index (κ2) is 7.63. The highest BCUT2D eigenvalue weighted by molar-refractivity contribution is 5.93. The Hall–Kier alpha value is -1.55. The standard InChI is InChI=1S/C14H20N2O6/c1-21-14-10(12(19)11(18)9(7-17)22-14)15-16-13(20)8-5-3-2-4-6-8/h2-6,9-12,14-15,17-19H,7H2,1H3,(H,16,20)/t9-,10-,11+,12-,14+/m1/s1. The molecule has 0 aromatic heterocycles. The highest BCUT2D eigenvalue weighted by Crippen LogP contribution is 2.21. The number of hydrogen-bond acceptors (Lipinski definition) is 7. The molecule has 1 aromatic rings. The van der Waals surface area contributed by atoms with E-state index in [1.165, 1.54) is 7.11 Å². The molecule has 0 bridgehead atoms. The highest BCUT2D eigenvalue weighted by atomic mass is 16.7. The fourth-order valence-corrected chi connectivity index (χ4v) is 2.25. The molecule has 22 heavy (non-hydrogen) atoms. The predicted molar refractivity (Wildman–Crippen MR) is 75.6 cm³/mol. The highest BCUT2D eigenvalue weighted by Gasteiger charge is 2.44. The number of amides is 1. The zero-order valence-corrected chi connectivity index (χ0v) is 12.0. The number of methoxy groups -OCH3 is 1. The first-order chi connectivity index (χ1) is 10.6. The Labute approximate surface area is 127 Å². The third-order valence-electron chi connectivity index (χ3n) is 3.50. The molecule has 8 heteroatoms. The van der Waals surface area contributed by atoms with Crippen LogP contribution in [0.2, 0.25) is 0 Å². The zero-order chi connectivity index (χ0) is 16.1. The minimum atomic E-state index is -1.30. The monoisotopic (exact) mass is 312 g/mol. The van der Waals surface area contributed by atoms with Crippen LogP contribution in [-0.2, 0) is 9.47 Å². The maximum atomic E-state index is 12.0. The van der Waals surface area contributed by atoms with Crippen LogP contribution in [0.15, 0.2) is 30.3 Å². The fraction of sp³-hybridized carbons (Fsp3) is 0.500. The van der Waals surface area contributed by atoms with Crippen LogP contribution in [0.1, 0.15) is 10.4 Å². The molecule has 1 amide bonds. The number of aliphatic hydroxyl groups is 3. The maximum Gasteiger partial charge on any atom is 0.265 e. The lowest BCUT2D eigenvalue weighted by atomic mass is 9.97. The average molecular weight is 312 g/mol. The number of rotatable bonds is 5. The van der Waals surface area contributed by atoms with Crippen molar-refractivity contribution < 1.29 is 29.6 Å². The van der Waals surface area contributed by atoms with Crippen molar-refractivity contribution in [2.24, 2.45) is 0 Å². The smallest absolute Gasteiger partial charge is 0.265 e. The van der Waals surface area contributed by atoms with Gasteiger partial charge in [0.25, 0.3) is 5.91 Å². The van der Waals surface area contributed by atoms with Crippen molar-refractivity contribution in [2.75, 3.05) is 13.7 Å². The summed E-state index contributed by atoms with van der Waals surface area (Å²) in [5, 5.41) is 29.1. The van der Waals surface area contributed by atoms with E-state index < -0.39 is 43.2 Å². The van der Waals surface area contributed by atoms with Crippen LogP contribution in [0.5, 0.6) is 0 Å². The van der Waals surface area contributed by atoms with Gasteiger partial charge in [0.05, 0.1) is 6.61 Å². The van der Waals surface area contributed by atoms with Crippen molar-refractivity contribution in [3.8, 4) is 0 Å². The van der Waals surface area contributed by atoms with Crippen molar-refractivity contribution >= 4 is 5.91 Å². The summed E-state index contributed by atoms with van der Waals surface area (Å²) in [5.74, 6) is -0.401. The predicted octanol–water partition coefficient (Wildman–Crippen LogP) is -1.62. The second-order valence-corrected chi connectivity index (χ2v) is 4.93. The Kier molecular flexibility index (Phi) is 5.83. The first-order valence-electron chi connectivity index (χ1n) is 6.84. The summed E-state index contributed by atoms with van der Waals surface area (Å²) in [5.41, 5.74) is 5.47. The van der Waals surface area contributed by atoms with Gasteiger partial charge < -0.3 is 24.8 Å². The summed E-state index contributed by atoms with van der Waals surface area (Å²) >= 11 is 0. The zero-order valence-electron chi connectivity index (χ0n) is 12.0. The molecule has 1 saturated heterocycles. The van der Waals surface area contributed by atoms with Crippen molar-refractivity contribution in [1.29, 1.82) is 0 Å². The minimum Gasteiger partial charge on any atom is -0.394 e. The van der Waals surface area contributed by atoms with Gasteiger partial charge in [0.1, 0.15) is 24.4 Å². The normalized spacial score (nSPS) is 31.7. The summed E-state index contributed by atoms with van der Waals surface area (Å²) in [4.78, 5) is 12.0. The molecular formula is C14H20N2O6. The number of ether oxygens (including phenoxy) is 2. The van der Waals surface area contributed by atoms with Gasteiger partial charge in [-0.05, 0) is 12.1 Å². The van der Waals surface area contributed by atoms with Crippen LogP contribution in [0.4, 0.5) is 0 Å². The van der Waals surface area contributed by atoms with Gasteiger partial charge in [-0.2, -0.15) is 0 Å². The Morgan fingerprint density at radius 1 is 1.27 bits per heavy atom. The van der Waals surface area contributed by atoms with E-state index in [9.17, 15) is 15.0 Å². The summed E-state index contributed by atoms with van der Waals surface area (Å²) in [6, 6.07) is 7.61. The number of hydrogen-bond donors (Lipinski definition) is 5. The summed E-state index contributed by atoms with van der Waals surface area (Å²) in [6.07, 6.45) is -4.48. The van der Waals surface area contributed by atoms with Crippen LogP contribution < -0.4 is 10.9 Å². The van der Waals surface area contributed by atoms with Gasteiger partial charge in [-0.1, -0.05) is 18.2 Å². The third kappa shape index (κ3) is 3.61. The number of aliphatic hydroxyl groups excluding tert-OH is 3. The summed E-state index contributed by atoms with van der Waals surface area (Å²) < 4.78 is 10.4. The quantitative estimate of drug-likeness (QED) is 0.414. The van der Waals surface area contributed by atoms with Gasteiger partial charge in [-0.3, -0.25) is 10.2 Å². The number of nitrogens with one attached hydrogen (secondary N) is 2. The van der Waals surface area contributed by atoms with E-state index in [-0.39, 0.29) is 0 Å². The van der Waals surface area contributed by atoms with Crippen LogP contribution in [0, 0.1) is 0 Å². The molecule has 5 atom stereocenters. The van der Waals surface area contributed by atoms with Crippen molar-refractivity contribution in [3.63, 3.8) is 0 Å². The lowest BCUT2D eigenvalue weighted by Gasteiger charge is -2.41. The van der Waals surface area contributed by atoms with E-state index >= 15 is 0 Å². The summed E-state index contributed by atoms with van der Waals surface area (Å²) in [7, 11) is 1.36. The number of carbonyl (C=O) groups excluding carboxylic acids is 1. The second-order valence-electron chi connectivity index (χ2n) is 4.93. The molecule has 1 aliphatic heterocycles.